The number of amides is 2. The molecule has 2 aromatic rings. The second kappa shape index (κ2) is 8.90. The van der Waals surface area contributed by atoms with Gasteiger partial charge in [-0.1, -0.05) is 46.3 Å². The van der Waals surface area contributed by atoms with Gasteiger partial charge < -0.3 is 5.32 Å². The van der Waals surface area contributed by atoms with Crippen LogP contribution < -0.4 is 5.32 Å². The Balaban J connectivity index is 1.47. The highest BCUT2D eigenvalue weighted by molar-refractivity contribution is 9.10. The Bertz CT molecular complexity index is 871. The summed E-state index contributed by atoms with van der Waals surface area (Å²) in [5.74, 6) is -0.867. The van der Waals surface area contributed by atoms with Gasteiger partial charge >= 0.3 is 0 Å². The van der Waals surface area contributed by atoms with E-state index < -0.39 is 0 Å². The number of carbonyl (C=O) groups excluding carboxylic acids is 2. The van der Waals surface area contributed by atoms with Crippen LogP contribution in [0.25, 0.3) is 0 Å². The summed E-state index contributed by atoms with van der Waals surface area (Å²) >= 11 is 3.27. The molecule has 2 amide bonds. The maximum absolute atomic E-state index is 13.7. The monoisotopic (exact) mass is 431 g/mol. The van der Waals surface area contributed by atoms with Crippen LogP contribution in [0.5, 0.6) is 0 Å². The first-order valence-corrected chi connectivity index (χ1v) is 9.46. The fourth-order valence-electron chi connectivity index (χ4n) is 2.78. The largest absolute Gasteiger partial charge is 0.352 e. The first-order chi connectivity index (χ1) is 13.0. The van der Waals surface area contributed by atoms with Crippen LogP contribution in [0.1, 0.15) is 30.4 Å². The summed E-state index contributed by atoms with van der Waals surface area (Å²) in [6, 6.07) is 14.3. The SMILES string of the molecule is O=C(CCC(=O)N1CCC(c2ccccc2)=N1)NCc1cc(Br)ccc1F. The van der Waals surface area contributed by atoms with E-state index in [2.05, 4.69) is 26.3 Å². The molecule has 140 valence electrons. The fourth-order valence-corrected chi connectivity index (χ4v) is 3.19. The van der Waals surface area contributed by atoms with Crippen molar-refractivity contribution in [1.29, 1.82) is 0 Å². The van der Waals surface area contributed by atoms with Crippen LogP contribution in [0.15, 0.2) is 58.1 Å². The normalized spacial score (nSPS) is 13.4. The molecule has 1 aliphatic rings. The van der Waals surface area contributed by atoms with Crippen molar-refractivity contribution >= 4 is 33.5 Å². The Morgan fingerprint density at radius 1 is 1.15 bits per heavy atom. The highest BCUT2D eigenvalue weighted by atomic mass is 79.9. The summed E-state index contributed by atoms with van der Waals surface area (Å²) in [7, 11) is 0. The minimum Gasteiger partial charge on any atom is -0.352 e. The zero-order valence-electron chi connectivity index (χ0n) is 14.6. The van der Waals surface area contributed by atoms with Gasteiger partial charge in [0.05, 0.1) is 12.3 Å². The summed E-state index contributed by atoms with van der Waals surface area (Å²) in [5.41, 5.74) is 2.26. The lowest BCUT2D eigenvalue weighted by Gasteiger charge is -2.11. The van der Waals surface area contributed by atoms with Crippen molar-refractivity contribution in [1.82, 2.24) is 10.3 Å². The molecule has 27 heavy (non-hydrogen) atoms. The van der Waals surface area contributed by atoms with E-state index in [4.69, 9.17) is 0 Å². The molecule has 0 spiro atoms. The molecule has 2 aromatic carbocycles. The quantitative estimate of drug-likeness (QED) is 0.758. The Kier molecular flexibility index (Phi) is 6.34. The molecule has 0 radical (unpaired) electrons. The third kappa shape index (κ3) is 5.23. The van der Waals surface area contributed by atoms with E-state index in [1.165, 1.54) is 11.1 Å². The number of benzene rings is 2. The average molecular weight is 432 g/mol. The standard InChI is InChI=1S/C20H19BrFN3O2/c21-16-6-7-17(22)15(12-16)13-23-19(26)8-9-20(27)25-11-10-18(24-25)14-4-2-1-3-5-14/h1-7,12H,8-11,13H2,(H,23,26). The van der Waals surface area contributed by atoms with Crippen molar-refractivity contribution in [3.05, 3.63) is 69.9 Å². The molecule has 0 unspecified atom stereocenters. The Hall–Kier alpha value is -2.54. The second-order valence-corrected chi connectivity index (χ2v) is 7.11. The van der Waals surface area contributed by atoms with Crippen molar-refractivity contribution in [3.63, 3.8) is 0 Å². The first-order valence-electron chi connectivity index (χ1n) is 8.67. The summed E-state index contributed by atoms with van der Waals surface area (Å²) in [6.07, 6.45) is 0.809. The highest BCUT2D eigenvalue weighted by Crippen LogP contribution is 2.16. The van der Waals surface area contributed by atoms with Gasteiger partial charge in [-0.25, -0.2) is 9.40 Å². The molecule has 1 aliphatic heterocycles. The predicted octanol–water partition coefficient (Wildman–Crippen LogP) is 3.62. The fraction of sp³-hybridized carbons (Fsp3) is 0.250. The Morgan fingerprint density at radius 2 is 1.93 bits per heavy atom. The molecule has 1 N–H and O–H groups in total. The molecule has 0 saturated heterocycles. The third-order valence-electron chi connectivity index (χ3n) is 4.25. The number of hydrogen-bond donors (Lipinski definition) is 1. The molecule has 0 atom stereocenters. The third-order valence-corrected chi connectivity index (χ3v) is 4.74. The lowest BCUT2D eigenvalue weighted by Crippen LogP contribution is -2.27. The number of nitrogens with zero attached hydrogens (tertiary/aromatic N) is 2. The molecular formula is C20H19BrFN3O2. The Morgan fingerprint density at radius 3 is 2.70 bits per heavy atom. The van der Waals surface area contributed by atoms with E-state index in [1.807, 2.05) is 30.3 Å². The zero-order valence-corrected chi connectivity index (χ0v) is 16.2. The summed E-state index contributed by atoms with van der Waals surface area (Å²) in [4.78, 5) is 24.2. The van der Waals surface area contributed by atoms with Gasteiger partial charge in [0.25, 0.3) is 0 Å². The highest BCUT2D eigenvalue weighted by Gasteiger charge is 2.21. The molecule has 3 rings (SSSR count). The molecular weight excluding hydrogens is 413 g/mol. The van der Waals surface area contributed by atoms with Gasteiger partial charge in [0.15, 0.2) is 0 Å². The van der Waals surface area contributed by atoms with Crippen LogP contribution in [0.2, 0.25) is 0 Å². The van der Waals surface area contributed by atoms with Crippen LogP contribution in [-0.4, -0.2) is 29.1 Å². The summed E-state index contributed by atoms with van der Waals surface area (Å²) in [5, 5.41) is 8.43. The number of nitrogens with one attached hydrogen (secondary N) is 1. The van der Waals surface area contributed by atoms with E-state index in [0.717, 1.165) is 15.7 Å². The van der Waals surface area contributed by atoms with Crippen LogP contribution in [0.3, 0.4) is 0 Å². The van der Waals surface area contributed by atoms with Crippen molar-refractivity contribution in [3.8, 4) is 0 Å². The molecule has 0 aliphatic carbocycles. The summed E-state index contributed by atoms with van der Waals surface area (Å²) in [6.45, 7) is 0.603. The van der Waals surface area contributed by atoms with Gasteiger partial charge in [0, 0.05) is 35.8 Å². The summed E-state index contributed by atoms with van der Waals surface area (Å²) < 4.78 is 14.4. The van der Waals surface area contributed by atoms with Crippen molar-refractivity contribution < 1.29 is 14.0 Å². The van der Waals surface area contributed by atoms with Crippen molar-refractivity contribution in [2.24, 2.45) is 5.10 Å². The molecule has 5 nitrogen and oxygen atoms in total. The number of halogens is 2. The van der Waals surface area contributed by atoms with E-state index in [9.17, 15) is 14.0 Å². The number of hydrogen-bond acceptors (Lipinski definition) is 3. The zero-order chi connectivity index (χ0) is 19.2. The maximum Gasteiger partial charge on any atom is 0.243 e. The van der Waals surface area contributed by atoms with Gasteiger partial charge in [-0.2, -0.15) is 5.10 Å². The predicted molar refractivity (Wildman–Crippen MR) is 104 cm³/mol. The molecule has 7 heteroatoms. The molecule has 0 saturated carbocycles. The molecule has 0 aromatic heterocycles. The smallest absolute Gasteiger partial charge is 0.243 e. The molecule has 0 fully saturated rings. The lowest BCUT2D eigenvalue weighted by atomic mass is 10.1. The second-order valence-electron chi connectivity index (χ2n) is 6.19. The average Bonchev–Trinajstić information content (AvgIpc) is 3.18. The Labute approximate surface area is 165 Å². The number of carbonyl (C=O) groups is 2. The molecule has 0 bridgehead atoms. The van der Waals surface area contributed by atoms with Crippen LogP contribution in [-0.2, 0) is 16.1 Å². The topological polar surface area (TPSA) is 61.8 Å². The van der Waals surface area contributed by atoms with E-state index in [-0.39, 0.29) is 37.0 Å². The van der Waals surface area contributed by atoms with E-state index >= 15 is 0 Å². The first kappa shape index (κ1) is 19.2. The minimum atomic E-state index is -0.380. The van der Waals surface area contributed by atoms with Crippen LogP contribution in [0.4, 0.5) is 4.39 Å². The van der Waals surface area contributed by atoms with Crippen LogP contribution in [0, 0.1) is 5.82 Å². The van der Waals surface area contributed by atoms with Crippen LogP contribution >= 0.6 is 15.9 Å². The van der Waals surface area contributed by atoms with Gasteiger partial charge in [-0.05, 0) is 23.8 Å². The van der Waals surface area contributed by atoms with E-state index in [0.29, 0.717) is 18.5 Å². The lowest BCUT2D eigenvalue weighted by molar-refractivity contribution is -0.133. The van der Waals surface area contributed by atoms with Crippen molar-refractivity contribution in [2.45, 2.75) is 25.8 Å². The van der Waals surface area contributed by atoms with Gasteiger partial charge in [-0.3, -0.25) is 9.59 Å². The maximum atomic E-state index is 13.7. The minimum absolute atomic E-state index is 0.0428. The van der Waals surface area contributed by atoms with Gasteiger partial charge in [0.1, 0.15) is 5.82 Å². The number of rotatable bonds is 6. The van der Waals surface area contributed by atoms with Crippen molar-refractivity contribution in [2.75, 3.05) is 6.54 Å². The van der Waals surface area contributed by atoms with Gasteiger partial charge in [0.2, 0.25) is 11.8 Å². The van der Waals surface area contributed by atoms with Gasteiger partial charge in [-0.15, -0.1) is 0 Å². The number of hydrazone groups is 1. The molecule has 1 heterocycles. The van der Waals surface area contributed by atoms with E-state index in [1.54, 1.807) is 12.1 Å².